The SMILES string of the molecule is O=C(CSc1ccccn1)NC(=O)NC1CCCCC1. The van der Waals surface area contributed by atoms with Gasteiger partial charge in [0.25, 0.3) is 0 Å². The lowest BCUT2D eigenvalue weighted by atomic mass is 9.96. The van der Waals surface area contributed by atoms with Gasteiger partial charge < -0.3 is 5.32 Å². The zero-order valence-electron chi connectivity index (χ0n) is 11.3. The summed E-state index contributed by atoms with van der Waals surface area (Å²) in [5, 5.41) is 5.99. The van der Waals surface area contributed by atoms with Crippen LogP contribution >= 0.6 is 11.8 Å². The Kier molecular flexibility index (Phi) is 5.86. The van der Waals surface area contributed by atoms with Crippen LogP contribution in [0.25, 0.3) is 0 Å². The van der Waals surface area contributed by atoms with E-state index >= 15 is 0 Å². The van der Waals surface area contributed by atoms with Gasteiger partial charge >= 0.3 is 6.03 Å². The molecule has 0 saturated heterocycles. The maximum atomic E-state index is 11.7. The lowest BCUT2D eigenvalue weighted by Gasteiger charge is -2.22. The predicted molar refractivity (Wildman–Crippen MR) is 78.5 cm³/mol. The molecule has 0 aliphatic heterocycles. The molecule has 108 valence electrons. The summed E-state index contributed by atoms with van der Waals surface area (Å²) in [7, 11) is 0. The maximum absolute atomic E-state index is 11.7. The summed E-state index contributed by atoms with van der Waals surface area (Å²) in [6.07, 6.45) is 7.22. The van der Waals surface area contributed by atoms with Gasteiger partial charge in [-0.2, -0.15) is 0 Å². The van der Waals surface area contributed by atoms with E-state index in [2.05, 4.69) is 15.6 Å². The van der Waals surface area contributed by atoms with Crippen molar-refractivity contribution in [2.75, 3.05) is 5.75 Å². The van der Waals surface area contributed by atoms with Crippen LogP contribution in [-0.2, 0) is 4.79 Å². The standard InChI is InChI=1S/C14H19N3O2S/c18-12(10-20-13-8-4-5-9-15-13)17-14(19)16-11-6-2-1-3-7-11/h4-5,8-9,11H,1-3,6-7,10H2,(H2,16,17,18,19). The number of carbonyl (C=O) groups excluding carboxylic acids is 2. The average Bonchev–Trinajstić information content (AvgIpc) is 2.47. The Morgan fingerprint density at radius 1 is 1.25 bits per heavy atom. The maximum Gasteiger partial charge on any atom is 0.321 e. The molecule has 3 amide bonds. The summed E-state index contributed by atoms with van der Waals surface area (Å²) >= 11 is 1.31. The van der Waals surface area contributed by atoms with Crippen molar-refractivity contribution in [1.82, 2.24) is 15.6 Å². The van der Waals surface area contributed by atoms with E-state index in [1.54, 1.807) is 6.20 Å². The molecule has 0 spiro atoms. The molecular weight excluding hydrogens is 274 g/mol. The topological polar surface area (TPSA) is 71.1 Å². The molecule has 0 unspecified atom stereocenters. The van der Waals surface area contributed by atoms with Crippen LogP contribution in [0.15, 0.2) is 29.4 Å². The number of aromatic nitrogens is 1. The minimum Gasteiger partial charge on any atom is -0.335 e. The predicted octanol–water partition coefficient (Wildman–Crippen LogP) is 2.33. The van der Waals surface area contributed by atoms with Gasteiger partial charge in [-0.25, -0.2) is 9.78 Å². The number of pyridine rings is 1. The highest BCUT2D eigenvalue weighted by molar-refractivity contribution is 7.99. The molecule has 0 atom stereocenters. The van der Waals surface area contributed by atoms with Crippen LogP contribution in [0, 0.1) is 0 Å². The van der Waals surface area contributed by atoms with E-state index in [1.807, 2.05) is 18.2 Å². The summed E-state index contributed by atoms with van der Waals surface area (Å²) in [6.45, 7) is 0. The van der Waals surface area contributed by atoms with Crippen molar-refractivity contribution in [2.45, 2.75) is 43.2 Å². The second-order valence-electron chi connectivity index (χ2n) is 4.81. The largest absolute Gasteiger partial charge is 0.335 e. The second-order valence-corrected chi connectivity index (χ2v) is 5.81. The third kappa shape index (κ3) is 5.21. The fraction of sp³-hybridized carbons (Fsp3) is 0.500. The molecule has 2 rings (SSSR count). The van der Waals surface area contributed by atoms with E-state index in [4.69, 9.17) is 0 Å². The Bertz CT molecular complexity index is 447. The summed E-state index contributed by atoms with van der Waals surface area (Å²) in [5.41, 5.74) is 0. The first kappa shape index (κ1) is 14.8. The summed E-state index contributed by atoms with van der Waals surface area (Å²) in [6, 6.07) is 5.34. The minimum absolute atomic E-state index is 0.190. The first-order chi connectivity index (χ1) is 9.74. The van der Waals surface area contributed by atoms with Crippen molar-refractivity contribution < 1.29 is 9.59 Å². The second kappa shape index (κ2) is 7.89. The molecular formula is C14H19N3O2S. The third-order valence-electron chi connectivity index (χ3n) is 3.18. The van der Waals surface area contributed by atoms with Gasteiger partial charge in [0.1, 0.15) is 0 Å². The van der Waals surface area contributed by atoms with Gasteiger partial charge in [-0.15, -0.1) is 0 Å². The van der Waals surface area contributed by atoms with Gasteiger partial charge in [-0.05, 0) is 25.0 Å². The van der Waals surface area contributed by atoms with Crippen molar-refractivity contribution in [3.8, 4) is 0 Å². The monoisotopic (exact) mass is 293 g/mol. The number of urea groups is 1. The number of thioether (sulfide) groups is 1. The molecule has 1 heterocycles. The normalized spacial score (nSPS) is 15.6. The molecule has 1 saturated carbocycles. The van der Waals surface area contributed by atoms with E-state index < -0.39 is 0 Å². The van der Waals surface area contributed by atoms with Crippen LogP contribution in [-0.4, -0.2) is 28.7 Å². The summed E-state index contributed by atoms with van der Waals surface area (Å²) in [4.78, 5) is 27.4. The molecule has 20 heavy (non-hydrogen) atoms. The van der Waals surface area contributed by atoms with E-state index in [1.165, 1.54) is 18.2 Å². The number of nitrogens with one attached hydrogen (secondary N) is 2. The highest BCUT2D eigenvalue weighted by atomic mass is 32.2. The molecule has 2 N–H and O–H groups in total. The van der Waals surface area contributed by atoms with Gasteiger partial charge in [0.05, 0.1) is 10.8 Å². The smallest absolute Gasteiger partial charge is 0.321 e. The van der Waals surface area contributed by atoms with Gasteiger partial charge in [0, 0.05) is 12.2 Å². The van der Waals surface area contributed by atoms with E-state index in [-0.39, 0.29) is 23.7 Å². The van der Waals surface area contributed by atoms with E-state index in [0.717, 1.165) is 30.7 Å². The van der Waals surface area contributed by atoms with Crippen LogP contribution in [0.2, 0.25) is 0 Å². The molecule has 0 radical (unpaired) electrons. The van der Waals surface area contributed by atoms with Crippen molar-refractivity contribution in [2.24, 2.45) is 0 Å². The molecule has 0 bridgehead atoms. The Hall–Kier alpha value is -1.56. The molecule has 5 nitrogen and oxygen atoms in total. The number of hydrogen-bond donors (Lipinski definition) is 2. The quantitative estimate of drug-likeness (QED) is 0.836. The Morgan fingerprint density at radius 3 is 2.75 bits per heavy atom. The lowest BCUT2D eigenvalue weighted by molar-refractivity contribution is -0.117. The van der Waals surface area contributed by atoms with Crippen LogP contribution in [0.4, 0.5) is 4.79 Å². The van der Waals surface area contributed by atoms with E-state index in [9.17, 15) is 9.59 Å². The molecule has 1 aliphatic rings. The van der Waals surface area contributed by atoms with Gasteiger partial charge in [-0.1, -0.05) is 37.1 Å². The molecule has 1 aromatic rings. The molecule has 1 aromatic heterocycles. The van der Waals surface area contributed by atoms with Crippen molar-refractivity contribution in [3.05, 3.63) is 24.4 Å². The average molecular weight is 293 g/mol. The van der Waals surface area contributed by atoms with Crippen molar-refractivity contribution in [1.29, 1.82) is 0 Å². The van der Waals surface area contributed by atoms with E-state index in [0.29, 0.717) is 0 Å². The summed E-state index contributed by atoms with van der Waals surface area (Å²) in [5.74, 6) is -0.108. The van der Waals surface area contributed by atoms with Gasteiger partial charge in [0.2, 0.25) is 5.91 Å². The van der Waals surface area contributed by atoms with Crippen LogP contribution in [0.5, 0.6) is 0 Å². The van der Waals surface area contributed by atoms with Gasteiger partial charge in [-0.3, -0.25) is 10.1 Å². The first-order valence-corrected chi connectivity index (χ1v) is 7.87. The Balaban J connectivity index is 1.67. The molecule has 1 aliphatic carbocycles. The number of nitrogens with zero attached hydrogens (tertiary/aromatic N) is 1. The van der Waals surface area contributed by atoms with Gasteiger partial charge in [0.15, 0.2) is 0 Å². The van der Waals surface area contributed by atoms with Crippen molar-refractivity contribution in [3.63, 3.8) is 0 Å². The fourth-order valence-corrected chi connectivity index (χ4v) is 2.86. The number of hydrogen-bond acceptors (Lipinski definition) is 4. The Morgan fingerprint density at radius 2 is 2.05 bits per heavy atom. The third-order valence-corrected chi connectivity index (χ3v) is 4.13. The van der Waals surface area contributed by atoms with Crippen LogP contribution in [0.1, 0.15) is 32.1 Å². The fourth-order valence-electron chi connectivity index (χ4n) is 2.20. The van der Waals surface area contributed by atoms with Crippen LogP contribution in [0.3, 0.4) is 0 Å². The molecule has 0 aromatic carbocycles. The first-order valence-electron chi connectivity index (χ1n) is 6.88. The Labute approximate surface area is 122 Å². The minimum atomic E-state index is -0.386. The number of carbonyl (C=O) groups is 2. The van der Waals surface area contributed by atoms with Crippen molar-refractivity contribution >= 4 is 23.7 Å². The number of rotatable bonds is 4. The zero-order valence-corrected chi connectivity index (χ0v) is 12.1. The highest BCUT2D eigenvalue weighted by Crippen LogP contribution is 2.17. The highest BCUT2D eigenvalue weighted by Gasteiger charge is 2.16. The van der Waals surface area contributed by atoms with Crippen LogP contribution < -0.4 is 10.6 Å². The summed E-state index contributed by atoms with van der Waals surface area (Å²) < 4.78 is 0. The number of amides is 3. The molecule has 6 heteroatoms. The lowest BCUT2D eigenvalue weighted by Crippen LogP contribution is -2.45. The zero-order chi connectivity index (χ0) is 14.2. The molecule has 1 fully saturated rings. The number of imide groups is 1.